The molecule has 1 N–H and O–H groups in total. The summed E-state index contributed by atoms with van der Waals surface area (Å²) < 4.78 is 10.8. The second-order valence-corrected chi connectivity index (χ2v) is 10.4. The number of nitrogens with zero attached hydrogens (tertiary/aromatic N) is 1. The van der Waals surface area contributed by atoms with E-state index in [2.05, 4.69) is 16.1 Å². The largest absolute Gasteiger partial charge is 0.488 e. The van der Waals surface area contributed by atoms with Crippen molar-refractivity contribution in [2.75, 3.05) is 19.0 Å². The SMILES string of the molecule is COC(=O)c1cc(NC(=O)CN2C(=O)S/C(=C\c3ccccc3OCc3ccc4ccccc4c3)C2=O)ccc1Cl. The Morgan fingerprint density at radius 1 is 0.951 bits per heavy atom. The Hall–Kier alpha value is -4.60. The summed E-state index contributed by atoms with van der Waals surface area (Å²) in [5.41, 5.74) is 1.95. The average molecular weight is 587 g/mol. The van der Waals surface area contributed by atoms with Crippen LogP contribution < -0.4 is 10.1 Å². The predicted molar refractivity (Wildman–Crippen MR) is 159 cm³/mol. The van der Waals surface area contributed by atoms with E-state index in [1.165, 1.54) is 25.3 Å². The normalized spacial score (nSPS) is 14.0. The van der Waals surface area contributed by atoms with Gasteiger partial charge in [-0.2, -0.15) is 0 Å². The number of ether oxygens (including phenoxy) is 2. The maximum atomic E-state index is 13.1. The summed E-state index contributed by atoms with van der Waals surface area (Å²) in [6.45, 7) is -0.183. The van der Waals surface area contributed by atoms with Gasteiger partial charge in [-0.15, -0.1) is 0 Å². The van der Waals surface area contributed by atoms with Gasteiger partial charge in [0.1, 0.15) is 18.9 Å². The number of fused-ring (bicyclic) bond motifs is 1. The van der Waals surface area contributed by atoms with Gasteiger partial charge in [0.05, 0.1) is 22.6 Å². The molecule has 41 heavy (non-hydrogen) atoms. The third-order valence-electron chi connectivity index (χ3n) is 6.24. The van der Waals surface area contributed by atoms with Crippen LogP contribution in [0.1, 0.15) is 21.5 Å². The van der Waals surface area contributed by atoms with Crippen molar-refractivity contribution in [1.82, 2.24) is 4.90 Å². The molecule has 0 saturated carbocycles. The van der Waals surface area contributed by atoms with Gasteiger partial charge in [-0.25, -0.2) is 4.79 Å². The Morgan fingerprint density at radius 2 is 1.71 bits per heavy atom. The lowest BCUT2D eigenvalue weighted by Gasteiger charge is -2.13. The van der Waals surface area contributed by atoms with Gasteiger partial charge in [0.15, 0.2) is 0 Å². The van der Waals surface area contributed by atoms with Crippen LogP contribution in [0, 0.1) is 0 Å². The molecule has 3 amide bonds. The molecule has 8 nitrogen and oxygen atoms in total. The van der Waals surface area contributed by atoms with Crippen LogP contribution in [-0.2, 0) is 20.9 Å². The lowest BCUT2D eigenvalue weighted by atomic mass is 10.1. The Morgan fingerprint density at radius 3 is 2.51 bits per heavy atom. The number of carbonyl (C=O) groups is 4. The van der Waals surface area contributed by atoms with Gasteiger partial charge in [-0.05, 0) is 64.5 Å². The van der Waals surface area contributed by atoms with Crippen LogP contribution in [0.3, 0.4) is 0 Å². The fraction of sp³-hybridized carbons (Fsp3) is 0.0968. The highest BCUT2D eigenvalue weighted by molar-refractivity contribution is 8.18. The van der Waals surface area contributed by atoms with Gasteiger partial charge >= 0.3 is 5.97 Å². The third kappa shape index (κ3) is 6.42. The number of para-hydroxylation sites is 1. The molecule has 4 aromatic rings. The maximum Gasteiger partial charge on any atom is 0.339 e. The number of methoxy groups -OCH3 is 1. The van der Waals surface area contributed by atoms with Crippen LogP contribution in [0.25, 0.3) is 16.8 Å². The molecule has 1 saturated heterocycles. The first-order chi connectivity index (χ1) is 19.8. The van der Waals surface area contributed by atoms with Crippen molar-refractivity contribution >= 4 is 68.9 Å². The summed E-state index contributed by atoms with van der Waals surface area (Å²) in [5, 5.41) is 4.41. The van der Waals surface area contributed by atoms with Gasteiger partial charge in [0, 0.05) is 11.3 Å². The van der Waals surface area contributed by atoms with Gasteiger partial charge in [-0.3, -0.25) is 19.3 Å². The lowest BCUT2D eigenvalue weighted by molar-refractivity contribution is -0.127. The van der Waals surface area contributed by atoms with E-state index in [0.717, 1.165) is 33.0 Å². The van der Waals surface area contributed by atoms with Gasteiger partial charge in [-0.1, -0.05) is 66.2 Å². The van der Waals surface area contributed by atoms with E-state index < -0.39 is 29.6 Å². The van der Waals surface area contributed by atoms with Crippen molar-refractivity contribution in [2.24, 2.45) is 0 Å². The molecule has 0 aliphatic carbocycles. The molecule has 0 atom stereocenters. The molecule has 0 aromatic heterocycles. The number of thioether (sulfide) groups is 1. The summed E-state index contributed by atoms with van der Waals surface area (Å²) in [4.78, 5) is 51.3. The molecule has 5 rings (SSSR count). The summed E-state index contributed by atoms with van der Waals surface area (Å²) in [6.07, 6.45) is 1.58. The smallest absolute Gasteiger partial charge is 0.339 e. The van der Waals surface area contributed by atoms with Gasteiger partial charge in [0.2, 0.25) is 5.91 Å². The Labute approximate surface area is 244 Å². The van der Waals surface area contributed by atoms with Crippen molar-refractivity contribution < 1.29 is 28.7 Å². The standard InChI is InChI=1S/C31H23ClN2O6S/c1-39-30(37)24-16-23(12-13-25(24)32)33-28(35)17-34-29(36)27(41-31(34)38)15-22-8-4-5-9-26(22)40-18-19-10-11-20-6-2-3-7-21(20)14-19/h2-16H,17-18H2,1H3,(H,33,35)/b27-15-. The topological polar surface area (TPSA) is 102 Å². The zero-order valence-corrected chi connectivity index (χ0v) is 23.3. The molecule has 0 radical (unpaired) electrons. The van der Waals surface area contributed by atoms with Crippen LogP contribution in [0.5, 0.6) is 5.75 Å². The summed E-state index contributed by atoms with van der Waals surface area (Å²) in [5.74, 6) is -1.32. The van der Waals surface area contributed by atoms with Crippen LogP contribution in [0.4, 0.5) is 10.5 Å². The van der Waals surface area contributed by atoms with Crippen LogP contribution in [0.15, 0.2) is 89.8 Å². The fourth-order valence-corrected chi connectivity index (χ4v) is 5.24. The number of imide groups is 1. The first-order valence-electron chi connectivity index (χ1n) is 12.4. The first kappa shape index (κ1) is 27.9. The van der Waals surface area contributed by atoms with E-state index >= 15 is 0 Å². The summed E-state index contributed by atoms with van der Waals surface area (Å²) in [6, 6.07) is 25.7. The number of benzene rings is 4. The molecule has 1 aliphatic rings. The highest BCUT2D eigenvalue weighted by Gasteiger charge is 2.36. The Kier molecular flexibility index (Phi) is 8.37. The quantitative estimate of drug-likeness (QED) is 0.185. The minimum absolute atomic E-state index is 0.0718. The van der Waals surface area contributed by atoms with Crippen molar-refractivity contribution in [3.8, 4) is 5.75 Å². The number of amides is 3. The highest BCUT2D eigenvalue weighted by atomic mass is 35.5. The molecule has 4 aromatic carbocycles. The number of esters is 1. The monoisotopic (exact) mass is 586 g/mol. The van der Waals surface area contributed by atoms with Crippen molar-refractivity contribution in [3.63, 3.8) is 0 Å². The van der Waals surface area contributed by atoms with E-state index in [9.17, 15) is 19.2 Å². The molecule has 0 spiro atoms. The zero-order valence-electron chi connectivity index (χ0n) is 21.8. The second-order valence-electron chi connectivity index (χ2n) is 9.01. The van der Waals surface area contributed by atoms with Crippen LogP contribution >= 0.6 is 23.4 Å². The Bertz CT molecular complexity index is 1720. The molecule has 1 heterocycles. The number of hydrogen-bond acceptors (Lipinski definition) is 7. The summed E-state index contributed by atoms with van der Waals surface area (Å²) in [7, 11) is 1.21. The molecule has 0 bridgehead atoms. The van der Waals surface area contributed by atoms with Crippen molar-refractivity contribution in [1.29, 1.82) is 0 Å². The first-order valence-corrected chi connectivity index (χ1v) is 13.6. The number of nitrogens with one attached hydrogen (secondary N) is 1. The minimum atomic E-state index is -0.663. The van der Waals surface area contributed by atoms with E-state index in [0.29, 0.717) is 17.9 Å². The van der Waals surface area contributed by atoms with E-state index in [1.54, 1.807) is 24.3 Å². The van der Waals surface area contributed by atoms with Crippen molar-refractivity contribution in [3.05, 3.63) is 112 Å². The second kappa shape index (κ2) is 12.3. The number of hydrogen-bond donors (Lipinski definition) is 1. The highest BCUT2D eigenvalue weighted by Crippen LogP contribution is 2.34. The molecule has 1 aliphatic heterocycles. The molecule has 0 unspecified atom stereocenters. The van der Waals surface area contributed by atoms with Gasteiger partial charge < -0.3 is 14.8 Å². The van der Waals surface area contributed by atoms with Gasteiger partial charge in [0.25, 0.3) is 11.1 Å². The fourth-order valence-electron chi connectivity index (χ4n) is 4.21. The lowest BCUT2D eigenvalue weighted by Crippen LogP contribution is -2.36. The molecular weight excluding hydrogens is 564 g/mol. The number of rotatable bonds is 8. The maximum absolute atomic E-state index is 13.1. The van der Waals surface area contributed by atoms with E-state index in [4.69, 9.17) is 16.3 Å². The molecule has 1 fully saturated rings. The van der Waals surface area contributed by atoms with E-state index in [-0.39, 0.29) is 21.2 Å². The summed E-state index contributed by atoms with van der Waals surface area (Å²) >= 11 is 6.76. The molecule has 206 valence electrons. The number of anilines is 1. The minimum Gasteiger partial charge on any atom is -0.488 e. The number of carbonyl (C=O) groups excluding carboxylic acids is 4. The predicted octanol–water partition coefficient (Wildman–Crippen LogP) is 6.53. The zero-order chi connectivity index (χ0) is 28.9. The van der Waals surface area contributed by atoms with Crippen LogP contribution in [-0.4, -0.2) is 41.6 Å². The Balaban J connectivity index is 1.26. The third-order valence-corrected chi connectivity index (χ3v) is 7.48. The number of halogens is 1. The molecule has 10 heteroatoms. The van der Waals surface area contributed by atoms with E-state index in [1.807, 2.05) is 42.5 Å². The average Bonchev–Trinajstić information content (AvgIpc) is 3.24. The van der Waals surface area contributed by atoms with Crippen molar-refractivity contribution in [2.45, 2.75) is 6.61 Å². The van der Waals surface area contributed by atoms with Crippen LogP contribution in [0.2, 0.25) is 5.02 Å². The molecular formula is C31H23ClN2O6S.